The van der Waals surface area contributed by atoms with Gasteiger partial charge in [-0.05, 0) is 43.9 Å². The Kier molecular flexibility index (Phi) is 5.46. The van der Waals surface area contributed by atoms with Crippen LogP contribution in [0.4, 0.5) is 5.69 Å². The summed E-state index contributed by atoms with van der Waals surface area (Å²) in [7, 11) is 3.69. The molecule has 1 N–H and O–H groups in total. The number of carbonyl (C=O) groups is 2. The first kappa shape index (κ1) is 20.7. The van der Waals surface area contributed by atoms with E-state index < -0.39 is 12.5 Å². The lowest BCUT2D eigenvalue weighted by atomic mass is 9.80. The molecule has 150 valence electrons. The van der Waals surface area contributed by atoms with Crippen LogP contribution >= 0.6 is 24.0 Å². The number of carbonyl (C=O) groups excluding carboxylic acids is 1. The van der Waals surface area contributed by atoms with Gasteiger partial charge in [0.15, 0.2) is 0 Å². The molecule has 0 radical (unpaired) electrons. The maximum absolute atomic E-state index is 12.6. The van der Waals surface area contributed by atoms with E-state index in [1.54, 1.807) is 13.2 Å². The number of thioether (sulfide) groups is 1. The number of fused-ring (bicyclic) bond motifs is 1. The normalized spacial score (nSPS) is 22.6. The van der Waals surface area contributed by atoms with Crippen molar-refractivity contribution >= 4 is 51.9 Å². The molecule has 1 aromatic carbocycles. The van der Waals surface area contributed by atoms with Gasteiger partial charge in [-0.3, -0.25) is 14.5 Å². The van der Waals surface area contributed by atoms with E-state index in [1.807, 2.05) is 6.07 Å². The Hall–Kier alpha value is -2.06. The Morgan fingerprint density at radius 3 is 2.75 bits per heavy atom. The van der Waals surface area contributed by atoms with Crippen molar-refractivity contribution in [1.29, 1.82) is 0 Å². The Bertz CT molecular complexity index is 894. The molecular formula is C20H24N2O4S2. The molecule has 8 heteroatoms. The van der Waals surface area contributed by atoms with Crippen LogP contribution in [0.5, 0.6) is 5.75 Å². The van der Waals surface area contributed by atoms with Gasteiger partial charge in [-0.25, -0.2) is 0 Å². The quantitative estimate of drug-likeness (QED) is 0.588. The molecule has 1 fully saturated rings. The highest BCUT2D eigenvalue weighted by atomic mass is 32.2. The highest BCUT2D eigenvalue weighted by Crippen LogP contribution is 2.45. The molecule has 1 aromatic rings. The molecule has 1 unspecified atom stereocenters. The van der Waals surface area contributed by atoms with Gasteiger partial charge < -0.3 is 14.7 Å². The van der Waals surface area contributed by atoms with Crippen LogP contribution in [0.1, 0.15) is 44.2 Å². The molecule has 2 aliphatic heterocycles. The second kappa shape index (κ2) is 7.40. The first-order chi connectivity index (χ1) is 13.0. The summed E-state index contributed by atoms with van der Waals surface area (Å²) in [5, 5.41) is 8.99. The fourth-order valence-electron chi connectivity index (χ4n) is 3.81. The number of carboxylic acids is 1. The Morgan fingerprint density at radius 1 is 1.46 bits per heavy atom. The fourth-order valence-corrected chi connectivity index (χ4v) is 5.06. The zero-order chi connectivity index (χ0) is 20.8. The molecule has 1 saturated heterocycles. The predicted molar refractivity (Wildman–Crippen MR) is 116 cm³/mol. The lowest BCUT2D eigenvalue weighted by molar-refractivity contribution is -0.140. The number of methoxy groups -OCH3 is 1. The minimum absolute atomic E-state index is 0.0399. The second-order valence-corrected chi connectivity index (χ2v) is 9.47. The van der Waals surface area contributed by atoms with Crippen molar-refractivity contribution in [3.05, 3.63) is 28.2 Å². The molecular weight excluding hydrogens is 396 g/mol. The highest BCUT2D eigenvalue weighted by molar-refractivity contribution is 8.26. The van der Waals surface area contributed by atoms with E-state index in [0.717, 1.165) is 34.3 Å². The van der Waals surface area contributed by atoms with Crippen LogP contribution in [-0.2, 0) is 9.59 Å². The first-order valence-corrected chi connectivity index (χ1v) is 10.2. The summed E-state index contributed by atoms with van der Waals surface area (Å²) in [4.78, 5) is 27.3. The summed E-state index contributed by atoms with van der Waals surface area (Å²) in [5.41, 5.74) is 3.15. The highest BCUT2D eigenvalue weighted by Gasteiger charge is 2.36. The molecule has 1 amide bonds. The number of hydrogen-bond donors (Lipinski definition) is 1. The van der Waals surface area contributed by atoms with Crippen LogP contribution in [0.15, 0.2) is 17.0 Å². The van der Waals surface area contributed by atoms with E-state index in [4.69, 9.17) is 22.1 Å². The SMILES string of the molecule is COc1cc2c(cc1/C=C1\SC(=S)N(CC(=O)O)C1=O)C(C)CC(C)(C)N2C. The summed E-state index contributed by atoms with van der Waals surface area (Å²) in [5.74, 6) is -0.452. The van der Waals surface area contributed by atoms with E-state index in [-0.39, 0.29) is 15.8 Å². The lowest BCUT2D eigenvalue weighted by Gasteiger charge is -2.45. The van der Waals surface area contributed by atoms with Crippen molar-refractivity contribution in [2.24, 2.45) is 0 Å². The molecule has 0 bridgehead atoms. The molecule has 6 nitrogen and oxygen atoms in total. The van der Waals surface area contributed by atoms with Crippen LogP contribution in [0.3, 0.4) is 0 Å². The van der Waals surface area contributed by atoms with Crippen molar-refractivity contribution in [3.63, 3.8) is 0 Å². The molecule has 2 heterocycles. The van der Waals surface area contributed by atoms with Crippen LogP contribution in [0, 0.1) is 0 Å². The smallest absolute Gasteiger partial charge is 0.323 e. The molecule has 2 aliphatic rings. The second-order valence-electron chi connectivity index (χ2n) is 7.79. The molecule has 0 spiro atoms. The summed E-state index contributed by atoms with van der Waals surface area (Å²) in [6, 6.07) is 4.07. The maximum atomic E-state index is 12.6. The van der Waals surface area contributed by atoms with Gasteiger partial charge in [-0.2, -0.15) is 0 Å². The van der Waals surface area contributed by atoms with Crippen LogP contribution in [0.25, 0.3) is 6.08 Å². The third kappa shape index (κ3) is 3.63. The van der Waals surface area contributed by atoms with E-state index in [1.165, 1.54) is 5.56 Å². The van der Waals surface area contributed by atoms with Crippen molar-refractivity contribution in [1.82, 2.24) is 4.90 Å². The number of anilines is 1. The summed E-state index contributed by atoms with van der Waals surface area (Å²) in [6.07, 6.45) is 2.76. The first-order valence-electron chi connectivity index (χ1n) is 8.98. The molecule has 0 aromatic heterocycles. The lowest BCUT2D eigenvalue weighted by Crippen LogP contribution is -2.45. The van der Waals surface area contributed by atoms with Gasteiger partial charge in [0.1, 0.15) is 16.6 Å². The van der Waals surface area contributed by atoms with E-state index in [2.05, 4.69) is 38.8 Å². The number of thiocarbonyl (C=S) groups is 1. The standard InChI is InChI=1S/C20H24N2O4S2/c1-11-9-20(2,3)21(4)14-8-15(26-5)12(6-13(11)14)7-16-18(25)22(10-17(23)24)19(27)28-16/h6-8,11H,9-10H2,1-5H3,(H,23,24)/b16-7-. The molecule has 0 saturated carbocycles. The van der Waals surface area contributed by atoms with Gasteiger partial charge in [-0.15, -0.1) is 0 Å². The van der Waals surface area contributed by atoms with Crippen molar-refractivity contribution < 1.29 is 19.4 Å². The van der Waals surface area contributed by atoms with E-state index in [9.17, 15) is 9.59 Å². The largest absolute Gasteiger partial charge is 0.496 e. The number of aliphatic carboxylic acids is 1. The summed E-state index contributed by atoms with van der Waals surface area (Å²) >= 11 is 6.29. The number of carboxylic acid groups (broad SMARTS) is 1. The van der Waals surface area contributed by atoms with E-state index >= 15 is 0 Å². The number of amides is 1. The number of rotatable bonds is 4. The number of hydrogen-bond acceptors (Lipinski definition) is 6. The maximum Gasteiger partial charge on any atom is 0.323 e. The Morgan fingerprint density at radius 2 is 2.14 bits per heavy atom. The molecule has 28 heavy (non-hydrogen) atoms. The van der Waals surface area contributed by atoms with Gasteiger partial charge in [0, 0.05) is 29.9 Å². The van der Waals surface area contributed by atoms with Gasteiger partial charge in [0.25, 0.3) is 5.91 Å². The topological polar surface area (TPSA) is 70.1 Å². The van der Waals surface area contributed by atoms with Crippen LogP contribution in [-0.4, -0.2) is 52.4 Å². The summed E-state index contributed by atoms with van der Waals surface area (Å²) < 4.78 is 5.85. The average molecular weight is 421 g/mol. The van der Waals surface area contributed by atoms with E-state index in [0.29, 0.717) is 16.6 Å². The molecule has 1 atom stereocenters. The minimum atomic E-state index is -1.09. The van der Waals surface area contributed by atoms with Crippen molar-refractivity contribution in [2.75, 3.05) is 25.6 Å². The fraction of sp³-hybridized carbons (Fsp3) is 0.450. The van der Waals surface area contributed by atoms with Crippen molar-refractivity contribution in [3.8, 4) is 5.75 Å². The Balaban J connectivity index is 2.03. The van der Waals surface area contributed by atoms with Gasteiger partial charge in [0.05, 0.1) is 12.0 Å². The third-order valence-electron chi connectivity index (χ3n) is 5.44. The van der Waals surface area contributed by atoms with Gasteiger partial charge >= 0.3 is 5.97 Å². The molecule has 0 aliphatic carbocycles. The van der Waals surface area contributed by atoms with Crippen LogP contribution < -0.4 is 9.64 Å². The number of benzene rings is 1. The third-order valence-corrected chi connectivity index (χ3v) is 6.82. The monoisotopic (exact) mass is 420 g/mol. The average Bonchev–Trinajstić information content (AvgIpc) is 2.86. The minimum Gasteiger partial charge on any atom is -0.496 e. The van der Waals surface area contributed by atoms with Gasteiger partial charge in [0.2, 0.25) is 0 Å². The number of ether oxygens (including phenoxy) is 1. The Labute approximate surface area is 174 Å². The zero-order valence-corrected chi connectivity index (χ0v) is 18.2. The summed E-state index contributed by atoms with van der Waals surface area (Å²) in [6.45, 7) is 6.22. The number of nitrogens with zero attached hydrogens (tertiary/aromatic N) is 2. The molecule has 3 rings (SSSR count). The van der Waals surface area contributed by atoms with Gasteiger partial charge in [-0.1, -0.05) is 30.9 Å². The van der Waals surface area contributed by atoms with Crippen molar-refractivity contribution in [2.45, 2.75) is 38.6 Å². The predicted octanol–water partition coefficient (Wildman–Crippen LogP) is 3.70. The zero-order valence-electron chi connectivity index (χ0n) is 16.6. The van der Waals surface area contributed by atoms with Crippen LogP contribution in [0.2, 0.25) is 0 Å².